The van der Waals surface area contributed by atoms with Crippen molar-refractivity contribution in [3.05, 3.63) is 59.3 Å². The van der Waals surface area contributed by atoms with Crippen LogP contribution in [-0.2, 0) is 13.0 Å². The van der Waals surface area contributed by atoms with Gasteiger partial charge in [-0.1, -0.05) is 31.2 Å². The van der Waals surface area contributed by atoms with Crippen LogP contribution < -0.4 is 4.90 Å². The van der Waals surface area contributed by atoms with Crippen LogP contribution in [0.15, 0.2) is 42.6 Å². The second-order valence-electron chi connectivity index (χ2n) is 7.07. The smallest absolute Gasteiger partial charge is 0.254 e. The van der Waals surface area contributed by atoms with Gasteiger partial charge in [-0.25, -0.2) is 4.98 Å². The highest BCUT2D eigenvalue weighted by molar-refractivity contribution is 5.95. The summed E-state index contributed by atoms with van der Waals surface area (Å²) in [7, 11) is 0. The SMILES string of the molecule is CCN1CCN(c2cc(C(=O)N3CCc4ccccc4C3)ccn2)CC1. The van der Waals surface area contributed by atoms with Crippen LogP contribution >= 0.6 is 0 Å². The predicted molar refractivity (Wildman–Crippen MR) is 103 cm³/mol. The molecule has 1 aromatic carbocycles. The van der Waals surface area contributed by atoms with Gasteiger partial charge in [-0.3, -0.25) is 4.79 Å². The van der Waals surface area contributed by atoms with Crippen molar-refractivity contribution in [1.82, 2.24) is 14.8 Å². The molecule has 5 nitrogen and oxygen atoms in total. The van der Waals surface area contributed by atoms with Crippen molar-refractivity contribution in [1.29, 1.82) is 0 Å². The average molecular weight is 350 g/mol. The quantitative estimate of drug-likeness (QED) is 0.852. The lowest BCUT2D eigenvalue weighted by atomic mass is 9.99. The molecule has 3 heterocycles. The van der Waals surface area contributed by atoms with Gasteiger partial charge < -0.3 is 14.7 Å². The first kappa shape index (κ1) is 17.0. The fourth-order valence-corrected chi connectivity index (χ4v) is 3.87. The number of anilines is 1. The highest BCUT2D eigenvalue weighted by Gasteiger charge is 2.23. The number of aromatic nitrogens is 1. The van der Waals surface area contributed by atoms with Gasteiger partial charge in [0.1, 0.15) is 5.82 Å². The molecule has 2 aliphatic heterocycles. The second-order valence-corrected chi connectivity index (χ2v) is 7.07. The number of fused-ring (bicyclic) bond motifs is 1. The number of amides is 1. The third-order valence-corrected chi connectivity index (χ3v) is 5.55. The first-order chi connectivity index (χ1) is 12.7. The third-order valence-electron chi connectivity index (χ3n) is 5.55. The molecule has 1 aromatic heterocycles. The van der Waals surface area contributed by atoms with Gasteiger partial charge >= 0.3 is 0 Å². The molecular formula is C21H26N4O. The Morgan fingerprint density at radius 2 is 1.81 bits per heavy atom. The van der Waals surface area contributed by atoms with Crippen molar-refractivity contribution < 1.29 is 4.79 Å². The van der Waals surface area contributed by atoms with Crippen LogP contribution in [0.25, 0.3) is 0 Å². The minimum absolute atomic E-state index is 0.107. The minimum atomic E-state index is 0.107. The summed E-state index contributed by atoms with van der Waals surface area (Å²) >= 11 is 0. The van der Waals surface area contributed by atoms with Crippen LogP contribution in [0.5, 0.6) is 0 Å². The second kappa shape index (κ2) is 7.46. The van der Waals surface area contributed by atoms with Crippen molar-refractivity contribution in [2.45, 2.75) is 19.9 Å². The first-order valence-electron chi connectivity index (χ1n) is 9.54. The van der Waals surface area contributed by atoms with Gasteiger partial charge in [0.2, 0.25) is 0 Å². The van der Waals surface area contributed by atoms with E-state index in [1.54, 1.807) is 6.20 Å². The highest BCUT2D eigenvalue weighted by atomic mass is 16.2. The Kier molecular flexibility index (Phi) is 4.89. The lowest BCUT2D eigenvalue weighted by Crippen LogP contribution is -2.46. The molecule has 0 saturated carbocycles. The third kappa shape index (κ3) is 3.44. The molecule has 1 amide bonds. The molecule has 4 rings (SSSR count). The summed E-state index contributed by atoms with van der Waals surface area (Å²) in [6.07, 6.45) is 2.70. The predicted octanol–water partition coefficient (Wildman–Crippen LogP) is 2.42. The zero-order valence-electron chi connectivity index (χ0n) is 15.4. The van der Waals surface area contributed by atoms with Crippen molar-refractivity contribution >= 4 is 11.7 Å². The highest BCUT2D eigenvalue weighted by Crippen LogP contribution is 2.22. The number of rotatable bonds is 3. The maximum Gasteiger partial charge on any atom is 0.254 e. The number of carbonyl (C=O) groups excluding carboxylic acids is 1. The Labute approximate surface area is 155 Å². The number of likely N-dealkylation sites (N-methyl/N-ethyl adjacent to an activating group) is 1. The normalized spacial score (nSPS) is 17.9. The molecule has 0 aliphatic carbocycles. The molecule has 26 heavy (non-hydrogen) atoms. The fraction of sp³-hybridized carbons (Fsp3) is 0.429. The first-order valence-corrected chi connectivity index (χ1v) is 9.54. The van der Waals surface area contributed by atoms with Gasteiger partial charge in [0.05, 0.1) is 0 Å². The molecule has 0 bridgehead atoms. The van der Waals surface area contributed by atoms with E-state index in [-0.39, 0.29) is 5.91 Å². The van der Waals surface area contributed by atoms with E-state index in [4.69, 9.17) is 0 Å². The van der Waals surface area contributed by atoms with E-state index in [9.17, 15) is 4.79 Å². The summed E-state index contributed by atoms with van der Waals surface area (Å²) in [4.78, 5) is 24.2. The number of carbonyl (C=O) groups is 1. The fourth-order valence-electron chi connectivity index (χ4n) is 3.87. The van der Waals surface area contributed by atoms with E-state index in [1.165, 1.54) is 11.1 Å². The zero-order chi connectivity index (χ0) is 17.9. The van der Waals surface area contributed by atoms with Crippen LogP contribution in [0.3, 0.4) is 0 Å². The molecule has 5 heteroatoms. The Morgan fingerprint density at radius 1 is 1.04 bits per heavy atom. The molecule has 136 valence electrons. The van der Waals surface area contributed by atoms with Gasteiger partial charge in [0, 0.05) is 51.0 Å². The van der Waals surface area contributed by atoms with Crippen LogP contribution in [-0.4, -0.2) is 60.0 Å². The van der Waals surface area contributed by atoms with Gasteiger partial charge in [0.15, 0.2) is 0 Å². The number of hydrogen-bond donors (Lipinski definition) is 0. The topological polar surface area (TPSA) is 39.7 Å². The zero-order valence-corrected chi connectivity index (χ0v) is 15.4. The number of pyridine rings is 1. The molecular weight excluding hydrogens is 324 g/mol. The molecule has 0 atom stereocenters. The van der Waals surface area contributed by atoms with Crippen LogP contribution in [0.1, 0.15) is 28.4 Å². The van der Waals surface area contributed by atoms with Crippen molar-refractivity contribution in [2.75, 3.05) is 44.2 Å². The molecule has 0 spiro atoms. The number of hydrogen-bond acceptors (Lipinski definition) is 4. The Bertz CT molecular complexity index is 783. The number of piperazine rings is 1. The van der Waals surface area contributed by atoms with Crippen LogP contribution in [0.2, 0.25) is 0 Å². The van der Waals surface area contributed by atoms with E-state index >= 15 is 0 Å². The lowest BCUT2D eigenvalue weighted by Gasteiger charge is -2.35. The van der Waals surface area contributed by atoms with Gasteiger partial charge in [-0.15, -0.1) is 0 Å². The van der Waals surface area contributed by atoms with Gasteiger partial charge in [-0.2, -0.15) is 0 Å². The summed E-state index contributed by atoms with van der Waals surface area (Å²) in [5.74, 6) is 1.03. The average Bonchev–Trinajstić information content (AvgIpc) is 2.73. The van der Waals surface area contributed by atoms with Crippen LogP contribution in [0, 0.1) is 0 Å². The maximum absolute atomic E-state index is 13.0. The molecule has 0 radical (unpaired) electrons. The van der Waals surface area contributed by atoms with E-state index in [1.807, 2.05) is 23.1 Å². The monoisotopic (exact) mass is 350 g/mol. The minimum Gasteiger partial charge on any atom is -0.354 e. The molecule has 0 unspecified atom stereocenters. The Hall–Kier alpha value is -2.40. The molecule has 2 aromatic rings. The molecule has 0 N–H and O–H groups in total. The molecule has 1 fully saturated rings. The van der Waals surface area contributed by atoms with E-state index in [2.05, 4.69) is 39.9 Å². The van der Waals surface area contributed by atoms with Crippen molar-refractivity contribution in [3.63, 3.8) is 0 Å². The van der Waals surface area contributed by atoms with Gasteiger partial charge in [-0.05, 0) is 36.2 Å². The van der Waals surface area contributed by atoms with Crippen molar-refractivity contribution in [3.8, 4) is 0 Å². The van der Waals surface area contributed by atoms with Crippen LogP contribution in [0.4, 0.5) is 5.82 Å². The summed E-state index contributed by atoms with van der Waals surface area (Å²) < 4.78 is 0. The standard InChI is InChI=1S/C21H26N4O/c1-2-23-11-13-24(14-12-23)20-15-18(7-9-22-20)21(26)25-10-8-17-5-3-4-6-19(17)16-25/h3-7,9,15H,2,8,10-14,16H2,1H3. The Balaban J connectivity index is 1.47. The summed E-state index contributed by atoms with van der Waals surface area (Å²) in [5, 5.41) is 0. The van der Waals surface area contributed by atoms with Crippen molar-refractivity contribution in [2.24, 2.45) is 0 Å². The number of nitrogens with zero attached hydrogens (tertiary/aromatic N) is 4. The lowest BCUT2D eigenvalue weighted by molar-refractivity contribution is 0.0734. The summed E-state index contributed by atoms with van der Waals surface area (Å²) in [6.45, 7) is 8.81. The molecule has 2 aliphatic rings. The summed E-state index contributed by atoms with van der Waals surface area (Å²) in [5.41, 5.74) is 3.37. The maximum atomic E-state index is 13.0. The van der Waals surface area contributed by atoms with E-state index in [0.29, 0.717) is 6.54 Å². The molecule has 1 saturated heterocycles. The summed E-state index contributed by atoms with van der Waals surface area (Å²) in [6, 6.07) is 12.2. The largest absolute Gasteiger partial charge is 0.354 e. The number of benzene rings is 1. The Morgan fingerprint density at radius 3 is 2.58 bits per heavy atom. The van der Waals surface area contributed by atoms with E-state index in [0.717, 1.165) is 57.1 Å². The van der Waals surface area contributed by atoms with Gasteiger partial charge in [0.25, 0.3) is 5.91 Å². The van der Waals surface area contributed by atoms with E-state index < -0.39 is 0 Å².